The van der Waals surface area contributed by atoms with Gasteiger partial charge in [0.1, 0.15) is 5.82 Å². The smallest absolute Gasteiger partial charge is 0.185 e. The number of hydrogen-bond donors (Lipinski definition) is 0. The predicted octanol–water partition coefficient (Wildman–Crippen LogP) is 5.34. The molecule has 0 heterocycles. The molecule has 0 aliphatic rings. The van der Waals surface area contributed by atoms with Crippen LogP contribution in [0, 0.1) is 12.7 Å². The second kappa shape index (κ2) is 6.21. The number of carbonyl (C=O) groups excluding carboxylic acids is 1. The number of benzene rings is 2. The summed E-state index contributed by atoms with van der Waals surface area (Å²) in [7, 11) is 0. The molecule has 0 saturated heterocycles. The van der Waals surface area contributed by atoms with Crippen LogP contribution >= 0.6 is 23.2 Å². The first kappa shape index (κ1) is 14.8. The van der Waals surface area contributed by atoms with Crippen LogP contribution in [0.15, 0.2) is 42.5 Å². The summed E-state index contributed by atoms with van der Waals surface area (Å²) in [5.41, 5.74) is 1.51. The highest BCUT2D eigenvalue weighted by molar-refractivity contribution is 6.32. The molecule has 0 unspecified atom stereocenters. The number of hydrogen-bond acceptors (Lipinski definition) is 1. The van der Waals surface area contributed by atoms with Gasteiger partial charge in [-0.15, -0.1) is 0 Å². The van der Waals surface area contributed by atoms with E-state index in [-0.39, 0.29) is 16.4 Å². The Bertz CT molecular complexity index is 673. The SMILES string of the molecule is Cc1cc(C(=O)C=Cc2c(F)cccc2Cl)ccc1Cl. The second-order valence-corrected chi connectivity index (χ2v) is 5.11. The highest BCUT2D eigenvalue weighted by Gasteiger charge is 2.06. The van der Waals surface area contributed by atoms with Gasteiger partial charge in [-0.25, -0.2) is 4.39 Å². The minimum atomic E-state index is -0.464. The maximum absolute atomic E-state index is 13.6. The highest BCUT2D eigenvalue weighted by atomic mass is 35.5. The zero-order valence-electron chi connectivity index (χ0n) is 10.7. The topological polar surface area (TPSA) is 17.1 Å². The van der Waals surface area contributed by atoms with Crippen LogP contribution < -0.4 is 0 Å². The lowest BCUT2D eigenvalue weighted by atomic mass is 10.1. The van der Waals surface area contributed by atoms with Gasteiger partial charge in [0.25, 0.3) is 0 Å². The summed E-state index contributed by atoms with van der Waals surface area (Å²) < 4.78 is 13.6. The fraction of sp³-hybridized carbons (Fsp3) is 0.0625. The molecule has 0 saturated carbocycles. The van der Waals surface area contributed by atoms with Gasteiger partial charge in [0, 0.05) is 16.1 Å². The minimum Gasteiger partial charge on any atom is -0.289 e. The fourth-order valence-corrected chi connectivity index (χ4v) is 2.07. The number of rotatable bonds is 3. The van der Waals surface area contributed by atoms with Crippen molar-refractivity contribution >= 4 is 35.1 Å². The van der Waals surface area contributed by atoms with Crippen LogP contribution in [0.4, 0.5) is 4.39 Å². The van der Waals surface area contributed by atoms with E-state index in [9.17, 15) is 9.18 Å². The monoisotopic (exact) mass is 308 g/mol. The maximum Gasteiger partial charge on any atom is 0.185 e. The van der Waals surface area contributed by atoms with Crippen LogP contribution in [0.5, 0.6) is 0 Å². The van der Waals surface area contributed by atoms with Crippen molar-refractivity contribution < 1.29 is 9.18 Å². The Morgan fingerprint density at radius 3 is 2.55 bits per heavy atom. The van der Waals surface area contributed by atoms with Gasteiger partial charge in [0.2, 0.25) is 0 Å². The quantitative estimate of drug-likeness (QED) is 0.552. The van der Waals surface area contributed by atoms with Gasteiger partial charge in [-0.05, 0) is 55.0 Å². The summed E-state index contributed by atoms with van der Waals surface area (Å²) in [5, 5.41) is 0.865. The van der Waals surface area contributed by atoms with Crippen LogP contribution in [-0.2, 0) is 0 Å². The molecular weight excluding hydrogens is 298 g/mol. The molecule has 0 bridgehead atoms. The molecule has 0 fully saturated rings. The van der Waals surface area contributed by atoms with E-state index in [2.05, 4.69) is 0 Å². The molecule has 0 aliphatic heterocycles. The molecule has 0 N–H and O–H groups in total. The van der Waals surface area contributed by atoms with Crippen molar-refractivity contribution in [1.82, 2.24) is 0 Å². The number of allylic oxidation sites excluding steroid dienone is 1. The summed E-state index contributed by atoms with van der Waals surface area (Å²) in [6.45, 7) is 1.82. The lowest BCUT2D eigenvalue weighted by Gasteiger charge is -2.01. The van der Waals surface area contributed by atoms with E-state index in [4.69, 9.17) is 23.2 Å². The Kier molecular flexibility index (Phi) is 4.58. The minimum absolute atomic E-state index is 0.202. The number of ketones is 1. The predicted molar refractivity (Wildman–Crippen MR) is 81.0 cm³/mol. The Balaban J connectivity index is 2.27. The first-order valence-electron chi connectivity index (χ1n) is 5.91. The summed E-state index contributed by atoms with van der Waals surface area (Å²) in [4.78, 5) is 12.0. The van der Waals surface area contributed by atoms with Crippen LogP contribution in [0.2, 0.25) is 10.0 Å². The van der Waals surface area contributed by atoms with E-state index in [1.54, 1.807) is 24.3 Å². The molecule has 20 heavy (non-hydrogen) atoms. The summed E-state index contributed by atoms with van der Waals surface area (Å²) >= 11 is 11.8. The summed E-state index contributed by atoms with van der Waals surface area (Å²) in [6.07, 6.45) is 2.68. The molecule has 0 aromatic heterocycles. The molecule has 2 aromatic carbocycles. The zero-order chi connectivity index (χ0) is 14.7. The van der Waals surface area contributed by atoms with E-state index in [1.807, 2.05) is 6.92 Å². The van der Waals surface area contributed by atoms with E-state index >= 15 is 0 Å². The van der Waals surface area contributed by atoms with Crippen LogP contribution in [0.3, 0.4) is 0 Å². The van der Waals surface area contributed by atoms with Crippen molar-refractivity contribution in [3.8, 4) is 0 Å². The molecule has 0 spiro atoms. The average Bonchev–Trinajstić information content (AvgIpc) is 2.41. The van der Waals surface area contributed by atoms with Gasteiger partial charge < -0.3 is 0 Å². The van der Waals surface area contributed by atoms with E-state index in [1.165, 1.54) is 24.3 Å². The van der Waals surface area contributed by atoms with E-state index in [0.717, 1.165) is 5.56 Å². The normalized spacial score (nSPS) is 11.0. The van der Waals surface area contributed by atoms with Crippen molar-refractivity contribution in [2.45, 2.75) is 6.92 Å². The van der Waals surface area contributed by atoms with Gasteiger partial charge in [0.05, 0.1) is 5.02 Å². The molecule has 1 nitrogen and oxygen atoms in total. The molecule has 102 valence electrons. The van der Waals surface area contributed by atoms with Gasteiger partial charge in [-0.1, -0.05) is 29.3 Å². The third kappa shape index (κ3) is 3.27. The van der Waals surface area contributed by atoms with E-state index < -0.39 is 5.82 Å². The van der Waals surface area contributed by atoms with Gasteiger partial charge >= 0.3 is 0 Å². The molecule has 0 radical (unpaired) electrons. The number of carbonyl (C=O) groups is 1. The largest absolute Gasteiger partial charge is 0.289 e. The first-order chi connectivity index (χ1) is 9.49. The summed E-state index contributed by atoms with van der Waals surface area (Å²) in [5.74, 6) is -0.696. The Morgan fingerprint density at radius 2 is 1.90 bits per heavy atom. The molecule has 0 amide bonds. The molecule has 2 aromatic rings. The third-order valence-electron chi connectivity index (χ3n) is 2.84. The van der Waals surface area contributed by atoms with Gasteiger partial charge in [-0.3, -0.25) is 4.79 Å². The second-order valence-electron chi connectivity index (χ2n) is 4.30. The maximum atomic E-state index is 13.6. The molecule has 4 heteroatoms. The number of halogens is 3. The Morgan fingerprint density at radius 1 is 1.15 bits per heavy atom. The highest BCUT2D eigenvalue weighted by Crippen LogP contribution is 2.21. The summed E-state index contributed by atoms with van der Waals surface area (Å²) in [6, 6.07) is 9.36. The molecular formula is C16H11Cl2FO. The molecule has 0 aliphatic carbocycles. The van der Waals surface area contributed by atoms with Crippen LogP contribution in [-0.4, -0.2) is 5.78 Å². The Labute approximate surface area is 126 Å². The Hall–Kier alpha value is -1.64. The van der Waals surface area contributed by atoms with Crippen molar-refractivity contribution in [3.05, 3.63) is 75.0 Å². The van der Waals surface area contributed by atoms with Crippen molar-refractivity contribution in [3.63, 3.8) is 0 Å². The average molecular weight is 309 g/mol. The van der Waals surface area contributed by atoms with Crippen molar-refractivity contribution in [1.29, 1.82) is 0 Å². The third-order valence-corrected chi connectivity index (χ3v) is 3.60. The standard InChI is InChI=1S/C16H11Cl2FO/c1-10-9-11(5-7-13(10)17)16(20)8-6-12-14(18)3-2-4-15(12)19/h2-9H,1H3. The van der Waals surface area contributed by atoms with Crippen LogP contribution in [0.1, 0.15) is 21.5 Å². The van der Waals surface area contributed by atoms with Crippen molar-refractivity contribution in [2.24, 2.45) is 0 Å². The lowest BCUT2D eigenvalue weighted by molar-refractivity contribution is 0.104. The first-order valence-corrected chi connectivity index (χ1v) is 6.67. The van der Waals surface area contributed by atoms with Crippen molar-refractivity contribution in [2.75, 3.05) is 0 Å². The number of aryl methyl sites for hydroxylation is 1. The van der Waals surface area contributed by atoms with E-state index in [0.29, 0.717) is 10.6 Å². The van der Waals surface area contributed by atoms with Gasteiger partial charge in [0.15, 0.2) is 5.78 Å². The lowest BCUT2D eigenvalue weighted by Crippen LogP contribution is -1.95. The zero-order valence-corrected chi connectivity index (χ0v) is 12.2. The van der Waals surface area contributed by atoms with Crippen LogP contribution in [0.25, 0.3) is 6.08 Å². The fourth-order valence-electron chi connectivity index (χ4n) is 1.72. The van der Waals surface area contributed by atoms with Gasteiger partial charge in [-0.2, -0.15) is 0 Å². The molecule has 0 atom stereocenters. The molecule has 2 rings (SSSR count).